The molecule has 1 heterocycles. The van der Waals surface area contributed by atoms with Gasteiger partial charge < -0.3 is 14.7 Å². The van der Waals surface area contributed by atoms with Crippen molar-refractivity contribution in [2.45, 2.75) is 90.5 Å². The second-order valence-electron chi connectivity index (χ2n) is 7.35. The normalized spacial score (nSPS) is 15.0. The van der Waals surface area contributed by atoms with E-state index in [1.165, 1.54) is 25.7 Å². The van der Waals surface area contributed by atoms with E-state index in [2.05, 4.69) is 17.4 Å². The summed E-state index contributed by atoms with van der Waals surface area (Å²) in [7, 11) is 0. The Morgan fingerprint density at radius 2 is 1.92 bits per heavy atom. The van der Waals surface area contributed by atoms with Gasteiger partial charge in [0.15, 0.2) is 5.82 Å². The van der Waals surface area contributed by atoms with E-state index in [1.807, 2.05) is 0 Å². The number of hydrogen-bond donors (Lipinski definition) is 1. The molecule has 1 aliphatic rings. The number of nitrogens with one attached hydrogen (secondary N) is 1. The van der Waals surface area contributed by atoms with Crippen LogP contribution in [0.3, 0.4) is 0 Å². The van der Waals surface area contributed by atoms with E-state index in [4.69, 9.17) is 4.52 Å². The maximum Gasteiger partial charge on any atom is 0.245 e. The predicted molar refractivity (Wildman–Crippen MR) is 102 cm³/mol. The lowest BCUT2D eigenvalue weighted by molar-refractivity contribution is -0.137. The summed E-state index contributed by atoms with van der Waals surface area (Å²) in [6, 6.07) is 1.87. The van der Waals surface area contributed by atoms with Gasteiger partial charge in [0, 0.05) is 18.5 Å². The average molecular weight is 364 g/mol. The third-order valence-corrected chi connectivity index (χ3v) is 5.04. The van der Waals surface area contributed by atoms with Crippen molar-refractivity contribution in [1.29, 1.82) is 0 Å². The number of rotatable bonds is 10. The van der Waals surface area contributed by atoms with E-state index in [0.29, 0.717) is 18.0 Å². The molecule has 6 nitrogen and oxygen atoms in total. The van der Waals surface area contributed by atoms with Crippen molar-refractivity contribution < 1.29 is 14.1 Å². The van der Waals surface area contributed by atoms with Gasteiger partial charge in [-0.25, -0.2) is 0 Å². The molecule has 0 spiro atoms. The lowest BCUT2D eigenvalue weighted by Crippen LogP contribution is -2.45. The van der Waals surface area contributed by atoms with Crippen molar-refractivity contribution in [2.75, 3.05) is 11.9 Å². The quantitative estimate of drug-likeness (QED) is 0.623. The summed E-state index contributed by atoms with van der Waals surface area (Å²) in [5.74, 6) is 0.957. The lowest BCUT2D eigenvalue weighted by Gasteiger charge is -2.34. The standard InChI is InChI=1S/C20H33N3O3/c1-3-4-5-6-10-13-20(25)23(17-11-8-7-9-12-17)15-19(24)21-18-14-16(2)26-22-18/h14,17H,3-13,15H2,1-2H3,(H,21,22,24). The Kier molecular flexibility index (Phi) is 8.65. The van der Waals surface area contributed by atoms with Crippen LogP contribution in [0, 0.1) is 6.92 Å². The molecule has 0 aliphatic heterocycles. The van der Waals surface area contributed by atoms with Gasteiger partial charge in [0.1, 0.15) is 12.3 Å². The molecule has 1 N–H and O–H groups in total. The first-order chi connectivity index (χ1) is 12.6. The van der Waals surface area contributed by atoms with Crippen LogP contribution in [0.2, 0.25) is 0 Å². The summed E-state index contributed by atoms with van der Waals surface area (Å²) in [4.78, 5) is 27.0. The third-order valence-electron chi connectivity index (χ3n) is 5.04. The Morgan fingerprint density at radius 3 is 2.58 bits per heavy atom. The zero-order valence-corrected chi connectivity index (χ0v) is 16.3. The molecule has 1 saturated carbocycles. The number of aryl methyl sites for hydroxylation is 1. The van der Waals surface area contributed by atoms with Crippen molar-refractivity contribution in [3.05, 3.63) is 11.8 Å². The second-order valence-corrected chi connectivity index (χ2v) is 7.35. The largest absolute Gasteiger partial charge is 0.360 e. The Labute approximate surface area is 156 Å². The van der Waals surface area contributed by atoms with Crippen molar-refractivity contribution in [3.63, 3.8) is 0 Å². The van der Waals surface area contributed by atoms with Gasteiger partial charge in [-0.2, -0.15) is 0 Å². The highest BCUT2D eigenvalue weighted by atomic mass is 16.5. The Balaban J connectivity index is 1.89. The zero-order chi connectivity index (χ0) is 18.8. The molecule has 2 amide bonds. The summed E-state index contributed by atoms with van der Waals surface area (Å²) < 4.78 is 4.97. The SMILES string of the molecule is CCCCCCCC(=O)N(CC(=O)Nc1cc(C)on1)C1CCCCC1. The van der Waals surface area contributed by atoms with Gasteiger partial charge in [-0.1, -0.05) is 57.0 Å². The molecule has 0 saturated heterocycles. The maximum absolute atomic E-state index is 12.8. The smallest absolute Gasteiger partial charge is 0.245 e. The van der Waals surface area contributed by atoms with Crippen LogP contribution in [-0.4, -0.2) is 34.5 Å². The first kappa shape index (κ1) is 20.5. The summed E-state index contributed by atoms with van der Waals surface area (Å²) in [6.07, 6.45) is 11.6. The van der Waals surface area contributed by atoms with Crippen LogP contribution < -0.4 is 5.32 Å². The van der Waals surface area contributed by atoms with E-state index in [1.54, 1.807) is 17.9 Å². The van der Waals surface area contributed by atoms with Crippen LogP contribution in [0.1, 0.15) is 83.3 Å². The van der Waals surface area contributed by atoms with Crippen LogP contribution in [0.5, 0.6) is 0 Å². The van der Waals surface area contributed by atoms with Crippen molar-refractivity contribution in [3.8, 4) is 0 Å². The number of carbonyl (C=O) groups is 2. The van der Waals surface area contributed by atoms with Crippen LogP contribution in [0.15, 0.2) is 10.6 Å². The molecule has 6 heteroatoms. The highest BCUT2D eigenvalue weighted by Gasteiger charge is 2.27. The molecule has 0 aromatic carbocycles. The minimum Gasteiger partial charge on any atom is -0.360 e. The van der Waals surface area contributed by atoms with E-state index in [-0.39, 0.29) is 24.4 Å². The monoisotopic (exact) mass is 363 g/mol. The molecule has 1 aliphatic carbocycles. The highest BCUT2D eigenvalue weighted by Crippen LogP contribution is 2.24. The van der Waals surface area contributed by atoms with Gasteiger partial charge in [0.05, 0.1) is 0 Å². The second kappa shape index (κ2) is 11.0. The fourth-order valence-corrected chi connectivity index (χ4v) is 3.60. The van der Waals surface area contributed by atoms with Gasteiger partial charge in [-0.05, 0) is 26.2 Å². The fraction of sp³-hybridized carbons (Fsp3) is 0.750. The van der Waals surface area contributed by atoms with E-state index >= 15 is 0 Å². The number of anilines is 1. The summed E-state index contributed by atoms with van der Waals surface area (Å²) in [5.41, 5.74) is 0. The third kappa shape index (κ3) is 6.81. The number of carbonyl (C=O) groups excluding carboxylic acids is 2. The zero-order valence-electron chi connectivity index (χ0n) is 16.3. The summed E-state index contributed by atoms with van der Waals surface area (Å²) in [5, 5.41) is 6.52. The average Bonchev–Trinajstić information content (AvgIpc) is 3.04. The number of amides is 2. The number of hydrogen-bond acceptors (Lipinski definition) is 4. The van der Waals surface area contributed by atoms with Crippen molar-refractivity contribution in [1.82, 2.24) is 10.1 Å². The molecule has 0 unspecified atom stereocenters. The van der Waals surface area contributed by atoms with Crippen LogP contribution in [-0.2, 0) is 9.59 Å². The number of aromatic nitrogens is 1. The van der Waals surface area contributed by atoms with Gasteiger partial charge >= 0.3 is 0 Å². The number of nitrogens with zero attached hydrogens (tertiary/aromatic N) is 2. The molecule has 1 fully saturated rings. The molecule has 146 valence electrons. The minimum absolute atomic E-state index is 0.102. The fourth-order valence-electron chi connectivity index (χ4n) is 3.60. The molecular formula is C20H33N3O3. The molecule has 1 aromatic rings. The van der Waals surface area contributed by atoms with Crippen LogP contribution in [0.25, 0.3) is 0 Å². The molecule has 0 radical (unpaired) electrons. The number of unbranched alkanes of at least 4 members (excludes halogenated alkanes) is 4. The minimum atomic E-state index is -0.205. The first-order valence-electron chi connectivity index (χ1n) is 10.1. The maximum atomic E-state index is 12.8. The predicted octanol–water partition coefficient (Wildman–Crippen LogP) is 4.44. The summed E-state index contributed by atoms with van der Waals surface area (Å²) in [6.45, 7) is 4.06. The van der Waals surface area contributed by atoms with Gasteiger partial charge in [0.2, 0.25) is 11.8 Å². The summed E-state index contributed by atoms with van der Waals surface area (Å²) >= 11 is 0. The molecule has 0 bridgehead atoms. The molecule has 0 atom stereocenters. The van der Waals surface area contributed by atoms with Crippen molar-refractivity contribution >= 4 is 17.6 Å². The lowest BCUT2D eigenvalue weighted by atomic mass is 9.93. The van der Waals surface area contributed by atoms with Crippen molar-refractivity contribution in [2.24, 2.45) is 0 Å². The van der Waals surface area contributed by atoms with Crippen LogP contribution >= 0.6 is 0 Å². The van der Waals surface area contributed by atoms with E-state index < -0.39 is 0 Å². The van der Waals surface area contributed by atoms with Crippen LogP contribution in [0.4, 0.5) is 5.82 Å². The molecule has 1 aromatic heterocycles. The molecular weight excluding hydrogens is 330 g/mol. The first-order valence-corrected chi connectivity index (χ1v) is 10.1. The molecule has 2 rings (SSSR count). The Morgan fingerprint density at radius 1 is 1.19 bits per heavy atom. The van der Waals surface area contributed by atoms with Gasteiger partial charge in [0.25, 0.3) is 0 Å². The molecule has 26 heavy (non-hydrogen) atoms. The van der Waals surface area contributed by atoms with E-state index in [0.717, 1.165) is 38.5 Å². The van der Waals surface area contributed by atoms with Gasteiger partial charge in [-0.15, -0.1) is 0 Å². The topological polar surface area (TPSA) is 75.4 Å². The van der Waals surface area contributed by atoms with E-state index in [9.17, 15) is 9.59 Å². The highest BCUT2D eigenvalue weighted by molar-refractivity contribution is 5.93. The van der Waals surface area contributed by atoms with Gasteiger partial charge in [-0.3, -0.25) is 9.59 Å². The Hall–Kier alpha value is -1.85. The Bertz CT molecular complexity index is 564.